The summed E-state index contributed by atoms with van der Waals surface area (Å²) in [6, 6.07) is 12.6. The minimum atomic E-state index is 0.219. The number of aromatic nitrogens is 2. The third-order valence-corrected chi connectivity index (χ3v) is 7.01. The van der Waals surface area contributed by atoms with E-state index in [4.69, 9.17) is 21.1 Å². The number of methoxy groups -OCH3 is 2. The molecule has 0 bridgehead atoms. The van der Waals surface area contributed by atoms with E-state index in [1.807, 2.05) is 51.0 Å². The number of imidazole rings is 1. The van der Waals surface area contributed by atoms with E-state index < -0.39 is 0 Å². The maximum absolute atomic E-state index is 8.81. The second-order valence-corrected chi connectivity index (χ2v) is 9.19. The van der Waals surface area contributed by atoms with Gasteiger partial charge in [0.25, 0.3) is 0 Å². The van der Waals surface area contributed by atoms with E-state index >= 15 is 0 Å². The number of aldehydes is 1. The van der Waals surface area contributed by atoms with E-state index in [1.54, 1.807) is 14.2 Å². The number of hydrogen-bond donors (Lipinski definition) is 0. The molecule has 5 rings (SSSR count). The molecule has 1 aliphatic carbocycles. The third kappa shape index (κ3) is 7.35. The fourth-order valence-electron chi connectivity index (χ4n) is 3.90. The zero-order valence-electron chi connectivity index (χ0n) is 21.6. The Hall–Kier alpha value is -2.28. The van der Waals surface area contributed by atoms with Crippen molar-refractivity contribution in [2.75, 3.05) is 20.8 Å². The number of benzene rings is 2. The first-order chi connectivity index (χ1) is 17.1. The van der Waals surface area contributed by atoms with Crippen LogP contribution in [-0.4, -0.2) is 36.7 Å². The van der Waals surface area contributed by atoms with Crippen molar-refractivity contribution < 1.29 is 14.3 Å². The molecule has 0 spiro atoms. The number of fused-ring (bicyclic) bond motifs is 3. The predicted molar refractivity (Wildman–Crippen MR) is 147 cm³/mol. The fourth-order valence-corrected chi connectivity index (χ4v) is 5.36. The number of halogens is 1. The molecule has 2 aromatic carbocycles. The van der Waals surface area contributed by atoms with Crippen LogP contribution in [0.3, 0.4) is 0 Å². The summed E-state index contributed by atoms with van der Waals surface area (Å²) in [5.74, 6) is 3.57. The molecule has 2 heterocycles. The molecule has 1 saturated carbocycles. The molecule has 5 nitrogen and oxygen atoms in total. The molecule has 1 aromatic heterocycles. The monoisotopic (exact) mass is 516 g/mol. The summed E-state index contributed by atoms with van der Waals surface area (Å²) >= 11 is 8.31. The van der Waals surface area contributed by atoms with E-state index in [2.05, 4.69) is 44.6 Å². The Labute approximate surface area is 219 Å². The van der Waals surface area contributed by atoms with Crippen LogP contribution in [0.4, 0.5) is 0 Å². The molecule has 7 heteroatoms. The van der Waals surface area contributed by atoms with Gasteiger partial charge in [0, 0.05) is 36.7 Å². The van der Waals surface area contributed by atoms with E-state index in [1.165, 1.54) is 42.1 Å². The highest BCUT2D eigenvalue weighted by molar-refractivity contribution is 7.99. The van der Waals surface area contributed by atoms with Gasteiger partial charge in [0.15, 0.2) is 0 Å². The quantitative estimate of drug-likeness (QED) is 0.333. The molecular weight excluding hydrogens is 480 g/mol. The summed E-state index contributed by atoms with van der Waals surface area (Å²) in [6.45, 7) is 8.22. The van der Waals surface area contributed by atoms with Crippen molar-refractivity contribution in [1.82, 2.24) is 9.55 Å². The van der Waals surface area contributed by atoms with Gasteiger partial charge in [-0.2, -0.15) is 0 Å². The second kappa shape index (κ2) is 15.0. The molecule has 0 radical (unpaired) electrons. The maximum Gasteiger partial charge on any atom is 0.123 e. The summed E-state index contributed by atoms with van der Waals surface area (Å²) in [6.07, 6.45) is 7.15. The number of carbonyl (C=O) groups excluding carboxylic acids is 1. The molecule has 2 aliphatic rings. The molecule has 0 saturated heterocycles. The highest BCUT2D eigenvalue weighted by Gasteiger charge is 2.34. The smallest absolute Gasteiger partial charge is 0.123 e. The molecular formula is C28H37ClN2O3S. The number of thioether (sulfide) groups is 1. The van der Waals surface area contributed by atoms with Crippen molar-refractivity contribution >= 4 is 29.6 Å². The van der Waals surface area contributed by atoms with Crippen LogP contribution in [0.1, 0.15) is 74.2 Å². The zero-order valence-corrected chi connectivity index (χ0v) is 23.2. The molecule has 0 N–H and O–H groups in total. The Balaban J connectivity index is 0.000000423. The Bertz CT molecular complexity index is 1060. The van der Waals surface area contributed by atoms with Crippen molar-refractivity contribution in [2.24, 2.45) is 0 Å². The van der Waals surface area contributed by atoms with Crippen molar-refractivity contribution in [1.29, 1.82) is 0 Å². The van der Waals surface area contributed by atoms with Gasteiger partial charge in [-0.05, 0) is 68.0 Å². The van der Waals surface area contributed by atoms with E-state index in [0.29, 0.717) is 5.92 Å². The zero-order chi connectivity index (χ0) is 25.8. The van der Waals surface area contributed by atoms with Crippen molar-refractivity contribution in [3.05, 3.63) is 76.3 Å². The molecule has 0 unspecified atom stereocenters. The Morgan fingerprint density at radius 3 is 2.46 bits per heavy atom. The summed E-state index contributed by atoms with van der Waals surface area (Å²) in [5.41, 5.74) is 5.14. The summed E-state index contributed by atoms with van der Waals surface area (Å²) in [7, 11) is 3.45. The molecule has 3 aromatic rings. The summed E-state index contributed by atoms with van der Waals surface area (Å²) in [5, 5.41) is 0.991. The molecule has 1 atom stereocenters. The van der Waals surface area contributed by atoms with Gasteiger partial charge in [0.2, 0.25) is 0 Å². The van der Waals surface area contributed by atoms with Crippen LogP contribution in [0.5, 0.6) is 5.75 Å². The SMILES string of the molecule is CC.CC=O.CCOC.COc1cccc([C@H]2SCc3nccn3-c3ccc(Cl)cc32)c1C1CC1. The first-order valence-corrected chi connectivity index (χ1v) is 13.5. The average Bonchev–Trinajstić information content (AvgIpc) is 3.65. The first kappa shape index (κ1) is 29.0. The van der Waals surface area contributed by atoms with Crippen LogP contribution in [0, 0.1) is 0 Å². The van der Waals surface area contributed by atoms with E-state index in [0.717, 1.165) is 35.2 Å². The van der Waals surface area contributed by atoms with Gasteiger partial charge in [-0.1, -0.05) is 37.6 Å². The van der Waals surface area contributed by atoms with Crippen LogP contribution in [0.2, 0.25) is 5.02 Å². The topological polar surface area (TPSA) is 53.4 Å². The van der Waals surface area contributed by atoms with E-state index in [-0.39, 0.29) is 5.25 Å². The van der Waals surface area contributed by atoms with Gasteiger partial charge in [-0.3, -0.25) is 0 Å². The van der Waals surface area contributed by atoms with Crippen molar-refractivity contribution in [3.8, 4) is 11.4 Å². The van der Waals surface area contributed by atoms with E-state index in [9.17, 15) is 0 Å². The number of ether oxygens (including phenoxy) is 2. The first-order valence-electron chi connectivity index (χ1n) is 12.1. The van der Waals surface area contributed by atoms with Crippen molar-refractivity contribution in [3.63, 3.8) is 0 Å². The number of hydrogen-bond acceptors (Lipinski definition) is 5. The Morgan fingerprint density at radius 2 is 1.86 bits per heavy atom. The second-order valence-electron chi connectivity index (χ2n) is 7.66. The molecule has 1 fully saturated rings. The summed E-state index contributed by atoms with van der Waals surface area (Å²) in [4.78, 5) is 13.4. The minimum Gasteiger partial charge on any atom is -0.496 e. The lowest BCUT2D eigenvalue weighted by atomic mass is 9.94. The van der Waals surface area contributed by atoms with Crippen LogP contribution in [0.25, 0.3) is 5.69 Å². The van der Waals surface area contributed by atoms with Gasteiger partial charge in [-0.25, -0.2) is 4.98 Å². The van der Waals surface area contributed by atoms with Crippen LogP contribution < -0.4 is 4.74 Å². The highest BCUT2D eigenvalue weighted by atomic mass is 35.5. The highest BCUT2D eigenvalue weighted by Crippen LogP contribution is 2.52. The largest absolute Gasteiger partial charge is 0.496 e. The average molecular weight is 517 g/mol. The lowest BCUT2D eigenvalue weighted by molar-refractivity contribution is -0.106. The predicted octanol–water partition coefficient (Wildman–Crippen LogP) is 7.63. The molecule has 35 heavy (non-hydrogen) atoms. The lowest BCUT2D eigenvalue weighted by Crippen LogP contribution is -2.05. The van der Waals surface area contributed by atoms with Crippen LogP contribution in [-0.2, 0) is 15.3 Å². The minimum absolute atomic E-state index is 0.219. The van der Waals surface area contributed by atoms with Gasteiger partial charge < -0.3 is 18.8 Å². The molecule has 190 valence electrons. The third-order valence-electron chi connectivity index (χ3n) is 5.50. The van der Waals surface area contributed by atoms with Gasteiger partial charge in [0.05, 0.1) is 23.8 Å². The van der Waals surface area contributed by atoms with Crippen LogP contribution >= 0.6 is 23.4 Å². The lowest BCUT2D eigenvalue weighted by Gasteiger charge is -2.22. The normalized spacial score (nSPS) is 15.3. The standard InChI is InChI=1S/C21H19ClN2OS.C3H8O.C2H4O.C2H6/c1-25-18-4-2-3-15(20(18)13-5-6-13)21-16-11-14(22)7-8-17(16)24-10-9-23-19(24)12-26-21;1-3-4-2;1-2-3;1-2/h2-4,7-11,13,21H,5-6,12H2,1H3;3H2,1-2H3;2H,1H3;1-2H3/t21-;;;/m1.../s1. The molecule has 1 aliphatic heterocycles. The number of carbonyl (C=O) groups is 1. The molecule has 0 amide bonds. The van der Waals surface area contributed by atoms with Gasteiger partial charge >= 0.3 is 0 Å². The Morgan fingerprint density at radius 1 is 1.17 bits per heavy atom. The Kier molecular flexibility index (Phi) is 12.4. The number of nitrogens with zero attached hydrogens (tertiary/aromatic N) is 2. The fraction of sp³-hybridized carbons (Fsp3) is 0.429. The summed E-state index contributed by atoms with van der Waals surface area (Å²) < 4.78 is 12.4. The van der Waals surface area contributed by atoms with Gasteiger partial charge in [0.1, 0.15) is 17.9 Å². The van der Waals surface area contributed by atoms with Crippen LogP contribution in [0.15, 0.2) is 48.8 Å². The number of rotatable bonds is 4. The van der Waals surface area contributed by atoms with Gasteiger partial charge in [-0.15, -0.1) is 11.8 Å². The maximum atomic E-state index is 8.81. The van der Waals surface area contributed by atoms with Crippen molar-refractivity contribution in [2.45, 2.75) is 57.5 Å².